The van der Waals surface area contributed by atoms with E-state index in [1.807, 2.05) is 12.1 Å². The third-order valence-electron chi connectivity index (χ3n) is 3.63. The van der Waals surface area contributed by atoms with Crippen molar-refractivity contribution in [2.45, 2.75) is 17.7 Å². The first-order chi connectivity index (χ1) is 11.4. The van der Waals surface area contributed by atoms with Crippen LogP contribution in [0.25, 0.3) is 0 Å². The van der Waals surface area contributed by atoms with E-state index in [4.69, 9.17) is 0 Å². The van der Waals surface area contributed by atoms with E-state index in [9.17, 15) is 18.3 Å². The Morgan fingerprint density at radius 1 is 1.12 bits per heavy atom. The van der Waals surface area contributed by atoms with Crippen LogP contribution in [-0.2, 0) is 14.6 Å². The monoisotopic (exact) mass is 459 g/mol. The number of hydrogen-bond acceptors (Lipinski definition) is 4. The number of halogens is 1. The van der Waals surface area contributed by atoms with Gasteiger partial charge >= 0.3 is 0 Å². The molecule has 24 heavy (non-hydrogen) atoms. The lowest BCUT2D eigenvalue weighted by molar-refractivity contribution is -0.118. The van der Waals surface area contributed by atoms with Gasteiger partial charge in [-0.25, -0.2) is 8.42 Å². The first-order valence-corrected chi connectivity index (χ1v) is 10.1. The molecule has 0 bridgehead atoms. The number of nitrogens with one attached hydrogen (secondary N) is 1. The van der Waals surface area contributed by atoms with Crippen molar-refractivity contribution in [2.75, 3.05) is 17.7 Å². The number of sulfone groups is 1. The summed E-state index contributed by atoms with van der Waals surface area (Å²) in [5.74, 6) is -1.09. The van der Waals surface area contributed by atoms with Crippen molar-refractivity contribution in [1.29, 1.82) is 0 Å². The summed E-state index contributed by atoms with van der Waals surface area (Å²) in [4.78, 5) is 12.6. The number of rotatable bonds is 6. The van der Waals surface area contributed by atoms with Gasteiger partial charge in [0.15, 0.2) is 9.84 Å². The van der Waals surface area contributed by atoms with E-state index in [0.29, 0.717) is 11.3 Å². The fourth-order valence-electron chi connectivity index (χ4n) is 2.18. The Kier molecular flexibility index (Phi) is 6.36. The summed E-state index contributed by atoms with van der Waals surface area (Å²) in [6, 6.07) is 13.4. The van der Waals surface area contributed by atoms with Crippen LogP contribution < -0.4 is 5.32 Å². The van der Waals surface area contributed by atoms with Crippen molar-refractivity contribution in [2.24, 2.45) is 0 Å². The van der Waals surface area contributed by atoms with Crippen molar-refractivity contribution in [3.8, 4) is 0 Å². The maximum atomic E-state index is 12.4. The summed E-state index contributed by atoms with van der Waals surface area (Å²) in [5.41, 5.74) is 1.21. The zero-order valence-electron chi connectivity index (χ0n) is 13.1. The van der Waals surface area contributed by atoms with E-state index < -0.39 is 15.8 Å². The van der Waals surface area contributed by atoms with Crippen LogP contribution in [0.5, 0.6) is 0 Å². The molecule has 0 spiro atoms. The van der Waals surface area contributed by atoms with Gasteiger partial charge in [0.05, 0.1) is 23.2 Å². The molecule has 0 heterocycles. The van der Waals surface area contributed by atoms with Crippen molar-refractivity contribution < 1.29 is 18.3 Å². The maximum Gasteiger partial charge on any atom is 0.234 e. The second-order valence-electron chi connectivity index (χ2n) is 5.20. The van der Waals surface area contributed by atoms with Gasteiger partial charge in [0, 0.05) is 9.26 Å². The van der Waals surface area contributed by atoms with Crippen LogP contribution in [0.15, 0.2) is 53.4 Å². The molecule has 2 rings (SSSR count). The first-order valence-electron chi connectivity index (χ1n) is 7.37. The predicted molar refractivity (Wildman–Crippen MR) is 102 cm³/mol. The molecule has 2 aromatic rings. The molecule has 5 nitrogen and oxygen atoms in total. The molecule has 1 unspecified atom stereocenters. The largest absolute Gasteiger partial charge is 0.395 e. The van der Waals surface area contributed by atoms with E-state index in [0.717, 1.165) is 3.57 Å². The van der Waals surface area contributed by atoms with E-state index >= 15 is 0 Å². The first kappa shape index (κ1) is 18.9. The highest BCUT2D eigenvalue weighted by Crippen LogP contribution is 2.21. The third kappa shape index (κ3) is 4.55. The van der Waals surface area contributed by atoms with Gasteiger partial charge < -0.3 is 10.4 Å². The molecule has 2 aromatic carbocycles. The quantitative estimate of drug-likeness (QED) is 0.651. The van der Waals surface area contributed by atoms with E-state index in [1.54, 1.807) is 31.2 Å². The molecule has 0 saturated heterocycles. The van der Waals surface area contributed by atoms with Crippen molar-refractivity contribution in [1.82, 2.24) is 0 Å². The molecule has 0 aliphatic rings. The molecule has 0 fully saturated rings. The van der Waals surface area contributed by atoms with Gasteiger partial charge in [0.1, 0.15) is 0 Å². The Balaban J connectivity index is 2.18. The summed E-state index contributed by atoms with van der Waals surface area (Å²) >= 11 is 2.17. The van der Waals surface area contributed by atoms with E-state index in [-0.39, 0.29) is 23.2 Å². The van der Waals surface area contributed by atoms with Crippen molar-refractivity contribution >= 4 is 44.0 Å². The number of amides is 1. The molecule has 1 atom stereocenters. The lowest BCUT2D eigenvalue weighted by atomic mass is 9.99. The molecule has 0 aliphatic carbocycles. The minimum atomic E-state index is -3.28. The smallest absolute Gasteiger partial charge is 0.234 e. The standard InChI is InChI=1S/C17H18INO4S/c1-2-24(22,23)15-9-3-12(4-10-15)16(11-20)17(21)19-14-7-5-13(18)6-8-14/h3-10,16,20H,2,11H2,1H3,(H,19,21). The minimum Gasteiger partial charge on any atom is -0.395 e. The number of anilines is 1. The van der Waals surface area contributed by atoms with Crippen LogP contribution in [0.1, 0.15) is 18.4 Å². The summed E-state index contributed by atoms with van der Waals surface area (Å²) in [6.07, 6.45) is 0. The average molecular weight is 459 g/mol. The molecule has 0 aromatic heterocycles. The molecule has 2 N–H and O–H groups in total. The Morgan fingerprint density at radius 2 is 1.71 bits per heavy atom. The SMILES string of the molecule is CCS(=O)(=O)c1ccc(C(CO)C(=O)Nc2ccc(I)cc2)cc1. The number of hydrogen-bond donors (Lipinski definition) is 2. The molecular formula is C17H18INO4S. The van der Waals surface area contributed by atoms with Crippen LogP contribution in [0.3, 0.4) is 0 Å². The van der Waals surface area contributed by atoms with Gasteiger partial charge in [0.2, 0.25) is 5.91 Å². The van der Waals surface area contributed by atoms with Crippen molar-refractivity contribution in [3.63, 3.8) is 0 Å². The highest BCUT2D eigenvalue weighted by molar-refractivity contribution is 14.1. The molecule has 1 amide bonds. The summed E-state index contributed by atoms with van der Waals surface area (Å²) in [6.45, 7) is 1.21. The van der Waals surface area contributed by atoms with E-state index in [2.05, 4.69) is 27.9 Å². The minimum absolute atomic E-state index is 0.0169. The fourth-order valence-corrected chi connectivity index (χ4v) is 3.42. The number of aliphatic hydroxyl groups excluding tert-OH is 1. The summed E-state index contributed by atoms with van der Waals surface area (Å²) in [7, 11) is -3.28. The lowest BCUT2D eigenvalue weighted by Gasteiger charge is -2.15. The normalized spacial score (nSPS) is 12.6. The number of carbonyl (C=O) groups excluding carboxylic acids is 1. The molecule has 128 valence electrons. The average Bonchev–Trinajstić information content (AvgIpc) is 2.58. The zero-order chi connectivity index (χ0) is 17.7. The Morgan fingerprint density at radius 3 is 2.21 bits per heavy atom. The third-order valence-corrected chi connectivity index (χ3v) is 6.10. The number of benzene rings is 2. The van der Waals surface area contributed by atoms with Gasteiger partial charge in [-0.3, -0.25) is 4.79 Å². The van der Waals surface area contributed by atoms with Crippen LogP contribution in [0.4, 0.5) is 5.69 Å². The Bertz CT molecular complexity index is 801. The van der Waals surface area contributed by atoms with Gasteiger partial charge in [-0.15, -0.1) is 0 Å². The van der Waals surface area contributed by atoms with Crippen LogP contribution in [0, 0.1) is 3.57 Å². The van der Waals surface area contributed by atoms with E-state index in [1.165, 1.54) is 12.1 Å². The number of aliphatic hydroxyl groups is 1. The molecule has 7 heteroatoms. The second-order valence-corrected chi connectivity index (χ2v) is 8.73. The van der Waals surface area contributed by atoms with Crippen LogP contribution >= 0.6 is 22.6 Å². The Hall–Kier alpha value is -1.45. The van der Waals surface area contributed by atoms with Gasteiger partial charge in [-0.05, 0) is 64.6 Å². The summed E-state index contributed by atoms with van der Waals surface area (Å²) in [5, 5.41) is 12.3. The maximum absolute atomic E-state index is 12.4. The van der Waals surface area contributed by atoms with Gasteiger partial charge in [-0.1, -0.05) is 19.1 Å². The van der Waals surface area contributed by atoms with Crippen LogP contribution in [0.2, 0.25) is 0 Å². The second kappa shape index (κ2) is 8.09. The highest BCUT2D eigenvalue weighted by Gasteiger charge is 2.21. The topological polar surface area (TPSA) is 83.5 Å². The van der Waals surface area contributed by atoms with Gasteiger partial charge in [0.25, 0.3) is 0 Å². The number of carbonyl (C=O) groups is 1. The van der Waals surface area contributed by atoms with Crippen LogP contribution in [-0.4, -0.2) is 31.8 Å². The summed E-state index contributed by atoms with van der Waals surface area (Å²) < 4.78 is 24.7. The lowest BCUT2D eigenvalue weighted by Crippen LogP contribution is -2.24. The van der Waals surface area contributed by atoms with Gasteiger partial charge in [-0.2, -0.15) is 0 Å². The molecular weight excluding hydrogens is 441 g/mol. The molecule has 0 radical (unpaired) electrons. The van der Waals surface area contributed by atoms with Crippen molar-refractivity contribution in [3.05, 3.63) is 57.7 Å². The predicted octanol–water partition coefficient (Wildman–Crippen LogP) is 2.80. The molecule has 0 aliphatic heterocycles. The zero-order valence-corrected chi connectivity index (χ0v) is 16.0. The molecule has 0 saturated carbocycles. The highest BCUT2D eigenvalue weighted by atomic mass is 127. The Labute approximate surface area is 155 Å². The fraction of sp³-hybridized carbons (Fsp3) is 0.235.